The minimum atomic E-state index is -0.281. The maximum absolute atomic E-state index is 12.8. The molecule has 1 fully saturated rings. The van der Waals surface area contributed by atoms with E-state index >= 15 is 0 Å². The SMILES string of the molecule is CNC(C(=O)N1CCCC(CC(C)C)C1)c1cnn(C)c1. The van der Waals surface area contributed by atoms with Crippen molar-refractivity contribution >= 4 is 5.91 Å². The molecular formula is C16H28N4O. The molecule has 5 nitrogen and oxygen atoms in total. The number of carbonyl (C=O) groups is 1. The van der Waals surface area contributed by atoms with Gasteiger partial charge >= 0.3 is 0 Å². The van der Waals surface area contributed by atoms with Gasteiger partial charge in [-0.25, -0.2) is 0 Å². The lowest BCUT2D eigenvalue weighted by atomic mass is 9.89. The molecule has 0 aliphatic carbocycles. The van der Waals surface area contributed by atoms with E-state index in [1.165, 1.54) is 12.8 Å². The monoisotopic (exact) mass is 292 g/mol. The van der Waals surface area contributed by atoms with Gasteiger partial charge in [0.1, 0.15) is 6.04 Å². The number of likely N-dealkylation sites (N-methyl/N-ethyl adjacent to an activating group) is 1. The number of hydrogen-bond acceptors (Lipinski definition) is 3. The van der Waals surface area contributed by atoms with Gasteiger partial charge in [0.25, 0.3) is 0 Å². The van der Waals surface area contributed by atoms with Gasteiger partial charge in [-0.05, 0) is 38.1 Å². The van der Waals surface area contributed by atoms with Crippen LogP contribution in [0.25, 0.3) is 0 Å². The second-order valence-corrected chi connectivity index (χ2v) is 6.59. The third kappa shape index (κ3) is 4.06. The fourth-order valence-electron chi connectivity index (χ4n) is 3.33. The minimum Gasteiger partial charge on any atom is -0.341 e. The van der Waals surface area contributed by atoms with Crippen LogP contribution in [0, 0.1) is 11.8 Å². The third-order valence-corrected chi connectivity index (χ3v) is 4.23. The number of piperidine rings is 1. The number of nitrogens with one attached hydrogen (secondary N) is 1. The van der Waals surface area contributed by atoms with Crippen molar-refractivity contribution in [1.82, 2.24) is 20.0 Å². The van der Waals surface area contributed by atoms with E-state index in [2.05, 4.69) is 24.3 Å². The molecule has 0 saturated carbocycles. The standard InChI is InChI=1S/C16H28N4O/c1-12(2)8-13-6-5-7-20(10-13)16(21)15(17-3)14-9-18-19(4)11-14/h9,11-13,15,17H,5-8,10H2,1-4H3. The summed E-state index contributed by atoms with van der Waals surface area (Å²) in [6.07, 6.45) is 7.26. The number of carbonyl (C=O) groups excluding carboxylic acids is 1. The van der Waals surface area contributed by atoms with Crippen molar-refractivity contribution in [3.8, 4) is 0 Å². The molecule has 1 amide bonds. The van der Waals surface area contributed by atoms with E-state index in [9.17, 15) is 4.79 Å². The van der Waals surface area contributed by atoms with Crippen molar-refractivity contribution in [2.24, 2.45) is 18.9 Å². The topological polar surface area (TPSA) is 50.2 Å². The van der Waals surface area contributed by atoms with Gasteiger partial charge in [0.15, 0.2) is 0 Å². The molecule has 2 unspecified atom stereocenters. The van der Waals surface area contributed by atoms with Gasteiger partial charge in [0.2, 0.25) is 5.91 Å². The zero-order chi connectivity index (χ0) is 15.4. The lowest BCUT2D eigenvalue weighted by Crippen LogP contribution is -2.45. The smallest absolute Gasteiger partial charge is 0.244 e. The number of rotatable bonds is 5. The van der Waals surface area contributed by atoms with Crippen LogP contribution in [0.2, 0.25) is 0 Å². The van der Waals surface area contributed by atoms with E-state index in [-0.39, 0.29) is 11.9 Å². The Bertz CT molecular complexity index is 469. The number of hydrogen-bond donors (Lipinski definition) is 1. The first-order chi connectivity index (χ1) is 10.0. The van der Waals surface area contributed by atoms with Crippen molar-refractivity contribution in [3.05, 3.63) is 18.0 Å². The van der Waals surface area contributed by atoms with E-state index in [0.29, 0.717) is 11.8 Å². The highest BCUT2D eigenvalue weighted by Gasteiger charge is 2.29. The van der Waals surface area contributed by atoms with E-state index in [1.54, 1.807) is 10.9 Å². The van der Waals surface area contributed by atoms with Gasteiger partial charge in [-0.1, -0.05) is 13.8 Å². The number of amides is 1. The molecule has 0 bridgehead atoms. The summed E-state index contributed by atoms with van der Waals surface area (Å²) >= 11 is 0. The van der Waals surface area contributed by atoms with Crippen molar-refractivity contribution in [2.75, 3.05) is 20.1 Å². The minimum absolute atomic E-state index is 0.180. The lowest BCUT2D eigenvalue weighted by molar-refractivity contribution is -0.135. The third-order valence-electron chi connectivity index (χ3n) is 4.23. The van der Waals surface area contributed by atoms with Gasteiger partial charge in [-0.2, -0.15) is 5.10 Å². The Hall–Kier alpha value is -1.36. The summed E-state index contributed by atoms with van der Waals surface area (Å²) in [4.78, 5) is 14.8. The molecule has 1 aliphatic rings. The summed E-state index contributed by atoms with van der Waals surface area (Å²) in [5.41, 5.74) is 0.941. The second kappa shape index (κ2) is 7.07. The number of likely N-dealkylation sites (tertiary alicyclic amines) is 1. The first kappa shape index (κ1) is 16.0. The maximum atomic E-state index is 12.8. The highest BCUT2D eigenvalue weighted by atomic mass is 16.2. The van der Waals surface area contributed by atoms with Gasteiger partial charge in [-0.15, -0.1) is 0 Å². The van der Waals surface area contributed by atoms with Crippen LogP contribution in [0.4, 0.5) is 0 Å². The van der Waals surface area contributed by atoms with Gasteiger partial charge in [0.05, 0.1) is 6.20 Å². The summed E-state index contributed by atoms with van der Waals surface area (Å²) in [6.45, 7) is 6.29. The van der Waals surface area contributed by atoms with E-state index in [0.717, 1.165) is 25.1 Å². The van der Waals surface area contributed by atoms with Crippen LogP contribution < -0.4 is 5.32 Å². The van der Waals surface area contributed by atoms with Crippen LogP contribution in [-0.2, 0) is 11.8 Å². The molecule has 21 heavy (non-hydrogen) atoms. The Morgan fingerprint density at radius 1 is 1.52 bits per heavy atom. The molecule has 1 aliphatic heterocycles. The highest BCUT2D eigenvalue weighted by molar-refractivity contribution is 5.83. The molecule has 2 heterocycles. The fraction of sp³-hybridized carbons (Fsp3) is 0.750. The van der Waals surface area contributed by atoms with Gasteiger partial charge < -0.3 is 10.2 Å². The average molecular weight is 292 g/mol. The second-order valence-electron chi connectivity index (χ2n) is 6.59. The molecule has 1 saturated heterocycles. The van der Waals surface area contributed by atoms with Crippen LogP contribution in [0.15, 0.2) is 12.4 Å². The van der Waals surface area contributed by atoms with Crippen LogP contribution >= 0.6 is 0 Å². The number of aromatic nitrogens is 2. The Kier molecular flexibility index (Phi) is 5.39. The summed E-state index contributed by atoms with van der Waals surface area (Å²) in [7, 11) is 3.71. The predicted molar refractivity (Wildman–Crippen MR) is 83.8 cm³/mol. The molecular weight excluding hydrogens is 264 g/mol. The van der Waals surface area contributed by atoms with Crippen molar-refractivity contribution in [3.63, 3.8) is 0 Å². The van der Waals surface area contributed by atoms with E-state index in [4.69, 9.17) is 0 Å². The molecule has 0 spiro atoms. The Morgan fingerprint density at radius 3 is 2.86 bits per heavy atom. The molecule has 118 valence electrons. The Labute approximate surface area is 127 Å². The van der Waals surface area contributed by atoms with Crippen LogP contribution in [-0.4, -0.2) is 40.7 Å². The fourth-order valence-corrected chi connectivity index (χ4v) is 3.33. The number of aryl methyl sites for hydroxylation is 1. The first-order valence-electron chi connectivity index (χ1n) is 7.95. The predicted octanol–water partition coefficient (Wildman–Crippen LogP) is 1.97. The van der Waals surface area contributed by atoms with Gasteiger partial charge in [0, 0.05) is 31.9 Å². The molecule has 5 heteroatoms. The molecule has 0 radical (unpaired) electrons. The summed E-state index contributed by atoms with van der Waals surface area (Å²) in [6, 6.07) is -0.281. The summed E-state index contributed by atoms with van der Waals surface area (Å²) < 4.78 is 1.74. The lowest BCUT2D eigenvalue weighted by Gasteiger charge is -2.35. The quantitative estimate of drug-likeness (QED) is 0.902. The maximum Gasteiger partial charge on any atom is 0.244 e. The summed E-state index contributed by atoms with van der Waals surface area (Å²) in [5, 5.41) is 7.31. The normalized spacial score (nSPS) is 20.8. The Morgan fingerprint density at radius 2 is 2.29 bits per heavy atom. The van der Waals surface area contributed by atoms with Crippen molar-refractivity contribution in [2.45, 2.75) is 39.2 Å². The average Bonchev–Trinajstić information content (AvgIpc) is 2.85. The number of nitrogens with zero attached hydrogens (tertiary/aromatic N) is 3. The Balaban J connectivity index is 2.03. The summed E-state index contributed by atoms with van der Waals surface area (Å²) in [5.74, 6) is 1.52. The zero-order valence-electron chi connectivity index (χ0n) is 13.7. The van der Waals surface area contributed by atoms with E-state index < -0.39 is 0 Å². The highest BCUT2D eigenvalue weighted by Crippen LogP contribution is 2.25. The van der Waals surface area contributed by atoms with Crippen LogP contribution in [0.3, 0.4) is 0 Å². The van der Waals surface area contributed by atoms with Crippen molar-refractivity contribution in [1.29, 1.82) is 0 Å². The van der Waals surface area contributed by atoms with Crippen molar-refractivity contribution < 1.29 is 4.79 Å². The molecule has 0 aromatic carbocycles. The molecule has 1 aromatic rings. The first-order valence-corrected chi connectivity index (χ1v) is 7.95. The zero-order valence-corrected chi connectivity index (χ0v) is 13.7. The van der Waals surface area contributed by atoms with E-state index in [1.807, 2.05) is 25.2 Å². The molecule has 1 aromatic heterocycles. The van der Waals surface area contributed by atoms with Gasteiger partial charge in [-0.3, -0.25) is 9.48 Å². The molecule has 2 atom stereocenters. The molecule has 1 N–H and O–H groups in total. The largest absolute Gasteiger partial charge is 0.341 e. The molecule has 2 rings (SSSR count). The van der Waals surface area contributed by atoms with Crippen LogP contribution in [0.1, 0.15) is 44.7 Å². The van der Waals surface area contributed by atoms with Crippen LogP contribution in [0.5, 0.6) is 0 Å².